The van der Waals surface area contributed by atoms with Crippen LogP contribution in [0.15, 0.2) is 18.2 Å². The van der Waals surface area contributed by atoms with Crippen molar-refractivity contribution in [1.82, 2.24) is 0 Å². The van der Waals surface area contributed by atoms with Crippen LogP contribution in [0.2, 0.25) is 0 Å². The third kappa shape index (κ3) is 6.44. The summed E-state index contributed by atoms with van der Waals surface area (Å²) in [6.45, 7) is -0.286. The summed E-state index contributed by atoms with van der Waals surface area (Å²) in [6.07, 6.45) is -0.168. The van der Waals surface area contributed by atoms with Gasteiger partial charge in [-0.1, -0.05) is 6.07 Å². The molecule has 0 heterocycles. The molecule has 0 spiro atoms. The molecule has 0 atom stereocenters. The zero-order valence-electron chi connectivity index (χ0n) is 11.1. The van der Waals surface area contributed by atoms with Crippen LogP contribution in [0.25, 0.3) is 0 Å². The molecule has 1 rings (SSSR count). The van der Waals surface area contributed by atoms with Crippen molar-refractivity contribution in [3.8, 4) is 5.75 Å². The molecule has 0 saturated heterocycles. The summed E-state index contributed by atoms with van der Waals surface area (Å²) in [6, 6.07) is 3.57. The summed E-state index contributed by atoms with van der Waals surface area (Å²) in [5.41, 5.74) is -0.704. The molecule has 110 valence electrons. The number of carboxylic acids is 2. The monoisotopic (exact) mass is 326 g/mol. The fraction of sp³-hybridized carbons (Fsp3) is 0.273. The van der Waals surface area contributed by atoms with Crippen LogP contribution in [0, 0.1) is 0 Å². The van der Waals surface area contributed by atoms with E-state index >= 15 is 0 Å². The van der Waals surface area contributed by atoms with Gasteiger partial charge in [0.2, 0.25) is 0 Å². The molecule has 0 unspecified atom stereocenters. The second-order valence-corrected chi connectivity index (χ2v) is 5.28. The van der Waals surface area contributed by atoms with Crippen molar-refractivity contribution in [1.29, 1.82) is 0 Å². The van der Waals surface area contributed by atoms with Gasteiger partial charge in [-0.15, -0.1) is 0 Å². The SMILES string of the molecule is O=C(O)c1cccc(C(=O)O)c1OCCCS(=O)(=O)[O-].[Na+]. The predicted octanol–water partition coefficient (Wildman–Crippen LogP) is -2.60. The van der Waals surface area contributed by atoms with Crippen LogP contribution in [0.3, 0.4) is 0 Å². The maximum Gasteiger partial charge on any atom is 1.00 e. The summed E-state index contributed by atoms with van der Waals surface area (Å²) in [7, 11) is -4.39. The van der Waals surface area contributed by atoms with Gasteiger partial charge < -0.3 is 19.5 Å². The average Bonchev–Trinajstić information content (AvgIpc) is 2.32. The molecular formula is C11H11NaO8S. The summed E-state index contributed by atoms with van der Waals surface area (Å²) < 4.78 is 36.2. The minimum absolute atomic E-state index is 0. The molecule has 21 heavy (non-hydrogen) atoms. The molecule has 0 saturated carbocycles. The van der Waals surface area contributed by atoms with E-state index in [4.69, 9.17) is 14.9 Å². The van der Waals surface area contributed by atoms with Gasteiger partial charge in [-0.2, -0.15) is 0 Å². The van der Waals surface area contributed by atoms with Gasteiger partial charge in [-0.3, -0.25) is 0 Å². The van der Waals surface area contributed by atoms with Gasteiger partial charge in [0.15, 0.2) is 0 Å². The van der Waals surface area contributed by atoms with Crippen molar-refractivity contribution in [3.63, 3.8) is 0 Å². The van der Waals surface area contributed by atoms with Crippen molar-refractivity contribution in [2.24, 2.45) is 0 Å². The summed E-state index contributed by atoms with van der Waals surface area (Å²) in [5, 5.41) is 17.9. The van der Waals surface area contributed by atoms with Gasteiger partial charge in [0, 0.05) is 5.75 Å². The average molecular weight is 326 g/mol. The Morgan fingerprint density at radius 1 is 1.14 bits per heavy atom. The summed E-state index contributed by atoms with van der Waals surface area (Å²) in [5.74, 6) is -3.79. The van der Waals surface area contributed by atoms with Crippen molar-refractivity contribution in [2.45, 2.75) is 6.42 Å². The number of rotatable bonds is 7. The van der Waals surface area contributed by atoms with Crippen LogP contribution >= 0.6 is 0 Å². The number of aromatic carboxylic acids is 2. The molecule has 0 fully saturated rings. The Bertz CT molecular complexity index is 593. The molecule has 0 radical (unpaired) electrons. The van der Waals surface area contributed by atoms with Gasteiger partial charge >= 0.3 is 41.5 Å². The molecule has 0 aliphatic rings. The standard InChI is InChI=1S/C11H12O8S.Na/c12-10(13)7-3-1-4-8(11(14)15)9(7)19-5-2-6-20(16,17)18;/h1,3-4H,2,5-6H2,(H,12,13)(H,14,15)(H,16,17,18);/q;+1/p-1. The van der Waals surface area contributed by atoms with Crippen LogP contribution in [0.5, 0.6) is 5.75 Å². The van der Waals surface area contributed by atoms with Gasteiger partial charge in [-0.25, -0.2) is 18.0 Å². The summed E-state index contributed by atoms with van der Waals surface area (Å²) in [4.78, 5) is 21.9. The smallest absolute Gasteiger partial charge is 0.748 e. The molecule has 0 bridgehead atoms. The largest absolute Gasteiger partial charge is 1.00 e. The van der Waals surface area contributed by atoms with E-state index in [1.54, 1.807) is 0 Å². The first-order valence-corrected chi connectivity index (χ1v) is 6.96. The first-order chi connectivity index (χ1) is 9.22. The fourth-order valence-electron chi connectivity index (χ4n) is 1.44. The number of hydrogen-bond acceptors (Lipinski definition) is 6. The molecule has 10 heteroatoms. The van der Waals surface area contributed by atoms with Gasteiger partial charge in [-0.05, 0) is 18.6 Å². The Hall–Kier alpha value is -1.13. The van der Waals surface area contributed by atoms with Crippen LogP contribution in [0.4, 0.5) is 0 Å². The maximum absolute atomic E-state index is 11.0. The van der Waals surface area contributed by atoms with Crippen LogP contribution < -0.4 is 34.3 Å². The molecule has 2 N–H and O–H groups in total. The molecular weight excluding hydrogens is 315 g/mol. The Labute approximate surface area is 142 Å². The molecule has 0 aliphatic carbocycles. The normalized spacial score (nSPS) is 10.5. The first kappa shape index (κ1) is 19.9. The second-order valence-electron chi connectivity index (χ2n) is 3.76. The molecule has 0 amide bonds. The van der Waals surface area contributed by atoms with E-state index in [-0.39, 0.29) is 59.5 Å². The zero-order chi connectivity index (χ0) is 15.3. The Morgan fingerprint density at radius 3 is 2.00 bits per heavy atom. The van der Waals surface area contributed by atoms with Crippen molar-refractivity contribution in [3.05, 3.63) is 29.3 Å². The fourth-order valence-corrected chi connectivity index (χ4v) is 1.91. The summed E-state index contributed by atoms with van der Waals surface area (Å²) >= 11 is 0. The topological polar surface area (TPSA) is 141 Å². The van der Waals surface area contributed by atoms with Crippen LogP contribution in [-0.4, -0.2) is 47.5 Å². The van der Waals surface area contributed by atoms with E-state index in [1.807, 2.05) is 0 Å². The molecule has 1 aromatic rings. The first-order valence-electron chi connectivity index (χ1n) is 5.38. The predicted molar refractivity (Wildman–Crippen MR) is 65.0 cm³/mol. The van der Waals surface area contributed by atoms with E-state index in [2.05, 4.69) is 0 Å². The quantitative estimate of drug-likeness (QED) is 0.316. The molecule has 0 aliphatic heterocycles. The Kier molecular flexibility index (Phi) is 7.90. The van der Waals surface area contributed by atoms with E-state index in [9.17, 15) is 22.6 Å². The molecule has 0 aromatic heterocycles. The maximum atomic E-state index is 11.0. The number of hydrogen-bond donors (Lipinski definition) is 2. The van der Waals surface area contributed by atoms with Crippen molar-refractivity contribution < 1.29 is 67.1 Å². The second kappa shape index (κ2) is 8.35. The van der Waals surface area contributed by atoms with E-state index in [0.717, 1.165) is 12.1 Å². The minimum Gasteiger partial charge on any atom is -0.748 e. The Balaban J connectivity index is 0.00000400. The minimum atomic E-state index is -4.39. The molecule has 1 aromatic carbocycles. The van der Waals surface area contributed by atoms with Gasteiger partial charge in [0.05, 0.1) is 16.7 Å². The Morgan fingerprint density at radius 2 is 1.62 bits per heavy atom. The zero-order valence-corrected chi connectivity index (χ0v) is 13.9. The van der Waals surface area contributed by atoms with Crippen molar-refractivity contribution in [2.75, 3.05) is 12.4 Å². The van der Waals surface area contributed by atoms with Crippen LogP contribution in [-0.2, 0) is 10.1 Å². The van der Waals surface area contributed by atoms with Gasteiger partial charge in [0.1, 0.15) is 16.9 Å². The number of carboxylic acid groups (broad SMARTS) is 2. The van der Waals surface area contributed by atoms with Crippen molar-refractivity contribution >= 4 is 22.1 Å². The number of para-hydroxylation sites is 1. The van der Waals surface area contributed by atoms with E-state index < -0.39 is 27.8 Å². The van der Waals surface area contributed by atoms with E-state index in [1.165, 1.54) is 6.07 Å². The number of benzene rings is 1. The number of carbonyl (C=O) groups is 2. The third-order valence-corrected chi connectivity index (χ3v) is 3.05. The number of ether oxygens (including phenoxy) is 1. The van der Waals surface area contributed by atoms with E-state index in [0.29, 0.717) is 0 Å². The van der Waals surface area contributed by atoms with Gasteiger partial charge in [0.25, 0.3) is 0 Å². The van der Waals surface area contributed by atoms with Crippen LogP contribution in [0.1, 0.15) is 27.1 Å². The third-order valence-electron chi connectivity index (χ3n) is 2.26. The molecule has 8 nitrogen and oxygen atoms in total.